The predicted molar refractivity (Wildman–Crippen MR) is 125 cm³/mol. The maximum Gasteiger partial charge on any atom is 0.340 e. The molecule has 2 aromatic rings. The monoisotopic (exact) mass is 415 g/mol. The zero-order valence-corrected chi connectivity index (χ0v) is 20.1. The molecule has 1 aliphatic heterocycles. The molecular weight excluding hydrogens is 378 g/mol. The Morgan fingerprint density at radius 2 is 1.62 bits per heavy atom. The van der Waals surface area contributed by atoms with Gasteiger partial charge in [0.15, 0.2) is 8.24 Å². The van der Waals surface area contributed by atoms with E-state index >= 15 is 0 Å². The van der Waals surface area contributed by atoms with Crippen LogP contribution in [0.5, 0.6) is 0 Å². The summed E-state index contributed by atoms with van der Waals surface area (Å²) in [7, 11) is -0.529. The van der Waals surface area contributed by atoms with Crippen molar-refractivity contribution in [2.45, 2.75) is 58.2 Å². The summed E-state index contributed by atoms with van der Waals surface area (Å²) in [6.45, 7) is 18.2. The fourth-order valence-electron chi connectivity index (χ4n) is 5.76. The number of esters is 1. The van der Waals surface area contributed by atoms with Crippen molar-refractivity contribution in [3.05, 3.63) is 30.0 Å². The lowest BCUT2D eigenvalue weighted by Gasteiger charge is -2.44. The van der Waals surface area contributed by atoms with Crippen LogP contribution in [0.1, 0.15) is 51.9 Å². The maximum absolute atomic E-state index is 12.6. The van der Waals surface area contributed by atoms with Crippen molar-refractivity contribution in [3.8, 4) is 0 Å². The van der Waals surface area contributed by atoms with E-state index in [-0.39, 0.29) is 5.97 Å². The van der Waals surface area contributed by atoms with Crippen LogP contribution in [0.4, 0.5) is 5.69 Å². The van der Waals surface area contributed by atoms with Crippen LogP contribution in [0.25, 0.3) is 10.9 Å². The Hall–Kier alpha value is -1.79. The van der Waals surface area contributed by atoms with Gasteiger partial charge in [-0.15, -0.1) is 0 Å². The molecule has 1 saturated heterocycles. The van der Waals surface area contributed by atoms with Gasteiger partial charge in [-0.2, -0.15) is 0 Å². The molecule has 29 heavy (non-hydrogen) atoms. The summed E-state index contributed by atoms with van der Waals surface area (Å²) in [6.07, 6.45) is 2.10. The minimum atomic E-state index is -2.00. The summed E-state index contributed by atoms with van der Waals surface area (Å²) < 4.78 is 7.67. The molecule has 0 saturated carbocycles. The zero-order chi connectivity index (χ0) is 21.3. The standard InChI is InChI=1S/C23H37N3O2Si/c1-16(2)29(17(3)4,18(5)6)26-15-21(23(27)28-7)20-9-8-19(14-22(20)26)25-12-10-24-11-13-25/h8-9,14-18,24H,10-13H2,1-7H3. The summed E-state index contributed by atoms with van der Waals surface area (Å²) in [5.74, 6) is -0.247. The molecular formula is C23H37N3O2Si. The third-order valence-electron chi connectivity index (χ3n) is 6.87. The first-order valence-corrected chi connectivity index (χ1v) is 13.1. The van der Waals surface area contributed by atoms with Gasteiger partial charge < -0.3 is 19.2 Å². The van der Waals surface area contributed by atoms with Gasteiger partial charge in [0.2, 0.25) is 0 Å². The number of nitrogens with zero attached hydrogens (tertiary/aromatic N) is 2. The Labute approximate surface area is 176 Å². The van der Waals surface area contributed by atoms with E-state index in [2.05, 4.69) is 80.4 Å². The van der Waals surface area contributed by atoms with Crippen molar-refractivity contribution >= 4 is 30.8 Å². The summed E-state index contributed by atoms with van der Waals surface area (Å²) in [4.78, 5) is 15.1. The number of aromatic nitrogens is 1. The Morgan fingerprint density at radius 3 is 2.14 bits per heavy atom. The zero-order valence-electron chi connectivity index (χ0n) is 19.1. The molecule has 3 rings (SSSR count). The molecule has 1 aromatic carbocycles. The van der Waals surface area contributed by atoms with Crippen molar-refractivity contribution in [1.82, 2.24) is 9.55 Å². The third kappa shape index (κ3) is 3.61. The normalized spacial score (nSPS) is 15.7. The topological polar surface area (TPSA) is 46.5 Å². The van der Waals surface area contributed by atoms with Crippen molar-refractivity contribution in [2.75, 3.05) is 38.2 Å². The molecule has 1 aliphatic rings. The number of piperazine rings is 1. The summed E-state index contributed by atoms with van der Waals surface area (Å²) in [5.41, 5.74) is 4.76. The van der Waals surface area contributed by atoms with Gasteiger partial charge in [-0.05, 0) is 34.8 Å². The van der Waals surface area contributed by atoms with E-state index < -0.39 is 8.24 Å². The van der Waals surface area contributed by atoms with Crippen LogP contribution in [0, 0.1) is 0 Å². The molecule has 0 unspecified atom stereocenters. The number of rotatable bonds is 6. The molecule has 0 bridgehead atoms. The average molecular weight is 416 g/mol. The van der Waals surface area contributed by atoms with Gasteiger partial charge in [-0.1, -0.05) is 41.5 Å². The summed E-state index contributed by atoms with van der Waals surface area (Å²) >= 11 is 0. The third-order valence-corrected chi connectivity index (χ3v) is 13.6. The molecule has 0 aliphatic carbocycles. The second kappa shape index (κ2) is 8.52. The van der Waals surface area contributed by atoms with Crippen LogP contribution in [-0.2, 0) is 4.74 Å². The summed E-state index contributed by atoms with van der Waals surface area (Å²) in [6, 6.07) is 6.59. The highest BCUT2D eigenvalue weighted by Crippen LogP contribution is 2.45. The van der Waals surface area contributed by atoms with Crippen LogP contribution in [0.2, 0.25) is 16.6 Å². The molecule has 5 nitrogen and oxygen atoms in total. The molecule has 0 atom stereocenters. The number of fused-ring (bicyclic) bond motifs is 1. The highest BCUT2D eigenvalue weighted by molar-refractivity contribution is 6.82. The fraction of sp³-hybridized carbons (Fsp3) is 0.609. The molecule has 0 spiro atoms. The van der Waals surface area contributed by atoms with Gasteiger partial charge in [-0.3, -0.25) is 0 Å². The van der Waals surface area contributed by atoms with Gasteiger partial charge in [0.25, 0.3) is 0 Å². The Morgan fingerprint density at radius 1 is 1.03 bits per heavy atom. The Balaban J connectivity index is 2.29. The molecule has 0 amide bonds. The van der Waals surface area contributed by atoms with Gasteiger partial charge >= 0.3 is 5.97 Å². The minimum Gasteiger partial charge on any atom is -0.465 e. The van der Waals surface area contributed by atoms with E-state index in [0.717, 1.165) is 31.6 Å². The van der Waals surface area contributed by atoms with E-state index in [1.54, 1.807) is 0 Å². The number of benzene rings is 1. The van der Waals surface area contributed by atoms with Crippen LogP contribution >= 0.6 is 0 Å². The van der Waals surface area contributed by atoms with Crippen molar-refractivity contribution in [2.24, 2.45) is 0 Å². The summed E-state index contributed by atoms with van der Waals surface area (Å²) in [5, 5.41) is 4.44. The minimum absolute atomic E-state index is 0.247. The highest BCUT2D eigenvalue weighted by atomic mass is 28.3. The number of anilines is 1. The number of carbonyl (C=O) groups excluding carboxylic acids is 1. The lowest BCUT2D eigenvalue weighted by Crippen LogP contribution is -2.51. The first kappa shape index (κ1) is 21.9. The molecule has 1 aromatic heterocycles. The number of hydrogen-bond acceptors (Lipinski definition) is 4. The van der Waals surface area contributed by atoms with Gasteiger partial charge in [0.05, 0.1) is 12.7 Å². The molecule has 1 N–H and O–H groups in total. The molecule has 6 heteroatoms. The van der Waals surface area contributed by atoms with E-state index in [1.807, 2.05) is 0 Å². The molecule has 2 heterocycles. The predicted octanol–water partition coefficient (Wildman–Crippen LogP) is 4.86. The van der Waals surface area contributed by atoms with E-state index in [4.69, 9.17) is 4.74 Å². The first-order chi connectivity index (χ1) is 13.7. The van der Waals surface area contributed by atoms with E-state index in [0.29, 0.717) is 22.2 Å². The lowest BCUT2D eigenvalue weighted by molar-refractivity contribution is 0.0603. The number of nitrogens with one attached hydrogen (secondary N) is 1. The number of methoxy groups -OCH3 is 1. The second-order valence-corrected chi connectivity index (χ2v) is 14.9. The van der Waals surface area contributed by atoms with Crippen LogP contribution in [-0.4, -0.2) is 51.7 Å². The second-order valence-electron chi connectivity index (χ2n) is 9.19. The SMILES string of the molecule is COC(=O)c1cn([Si](C(C)C)(C(C)C)C(C)C)c2cc(N3CCNCC3)ccc12. The molecule has 0 radical (unpaired) electrons. The quantitative estimate of drug-likeness (QED) is 0.540. The number of ether oxygens (including phenoxy) is 1. The number of hydrogen-bond donors (Lipinski definition) is 1. The first-order valence-electron chi connectivity index (χ1n) is 10.9. The molecule has 1 fully saturated rings. The van der Waals surface area contributed by atoms with E-state index in [1.165, 1.54) is 18.3 Å². The van der Waals surface area contributed by atoms with Gasteiger partial charge in [0, 0.05) is 49.0 Å². The van der Waals surface area contributed by atoms with Crippen LogP contribution in [0.3, 0.4) is 0 Å². The molecule has 160 valence electrons. The average Bonchev–Trinajstić information content (AvgIpc) is 3.06. The smallest absolute Gasteiger partial charge is 0.340 e. The lowest BCUT2D eigenvalue weighted by atomic mass is 10.1. The highest BCUT2D eigenvalue weighted by Gasteiger charge is 2.46. The Kier molecular flexibility index (Phi) is 6.44. The van der Waals surface area contributed by atoms with Crippen LogP contribution in [0.15, 0.2) is 24.4 Å². The number of carbonyl (C=O) groups is 1. The van der Waals surface area contributed by atoms with Crippen molar-refractivity contribution in [1.29, 1.82) is 0 Å². The largest absolute Gasteiger partial charge is 0.465 e. The van der Waals surface area contributed by atoms with Crippen LogP contribution < -0.4 is 10.2 Å². The van der Waals surface area contributed by atoms with Crippen molar-refractivity contribution in [3.63, 3.8) is 0 Å². The van der Waals surface area contributed by atoms with E-state index in [9.17, 15) is 4.79 Å². The van der Waals surface area contributed by atoms with Crippen molar-refractivity contribution < 1.29 is 9.53 Å². The fourth-order valence-corrected chi connectivity index (χ4v) is 12.4. The maximum atomic E-state index is 12.6. The van der Waals surface area contributed by atoms with Gasteiger partial charge in [-0.25, -0.2) is 4.79 Å². The Bertz CT molecular complexity index is 845. The van der Waals surface area contributed by atoms with Gasteiger partial charge in [0.1, 0.15) is 0 Å².